The average molecular weight is 433 g/mol. The standard InChI is InChI=1S/C23H24N6OS/c1-13(2)22-21(15-7-6-8-20-18(15)12-25-29(20)3)16-9-14-11-24-27-19(14)10-17(16)23(26-22)28-31(4,5)30/h6-13H,1-5H3,(H,24,27). The van der Waals surface area contributed by atoms with Crippen LogP contribution >= 0.6 is 0 Å². The third-order valence-electron chi connectivity index (χ3n) is 5.49. The number of benzene rings is 2. The van der Waals surface area contributed by atoms with Gasteiger partial charge in [-0.2, -0.15) is 14.6 Å². The Hall–Kier alpha value is -3.26. The third kappa shape index (κ3) is 3.27. The number of aryl methyl sites for hydroxylation is 1. The van der Waals surface area contributed by atoms with Gasteiger partial charge in [0.05, 0.1) is 29.1 Å². The van der Waals surface area contributed by atoms with Crippen LogP contribution in [0, 0.1) is 0 Å². The van der Waals surface area contributed by atoms with Crippen LogP contribution in [-0.2, 0) is 16.8 Å². The molecule has 3 heterocycles. The fraction of sp³-hybridized carbons (Fsp3) is 0.261. The Morgan fingerprint density at radius 1 is 1.10 bits per heavy atom. The number of rotatable bonds is 3. The number of nitrogens with one attached hydrogen (secondary N) is 1. The van der Waals surface area contributed by atoms with Crippen LogP contribution in [0.4, 0.5) is 5.82 Å². The lowest BCUT2D eigenvalue weighted by molar-refractivity contribution is 0.684. The Kier molecular flexibility index (Phi) is 4.37. The second-order valence-corrected chi connectivity index (χ2v) is 11.0. The van der Waals surface area contributed by atoms with Gasteiger partial charge in [0.15, 0.2) is 5.82 Å². The first-order valence-electron chi connectivity index (χ1n) is 10.1. The molecule has 158 valence electrons. The lowest BCUT2D eigenvalue weighted by Crippen LogP contribution is -2.01. The zero-order valence-electron chi connectivity index (χ0n) is 18.2. The predicted molar refractivity (Wildman–Crippen MR) is 127 cm³/mol. The van der Waals surface area contributed by atoms with Crippen molar-refractivity contribution in [3.63, 3.8) is 0 Å². The van der Waals surface area contributed by atoms with Gasteiger partial charge in [0, 0.05) is 51.0 Å². The predicted octanol–water partition coefficient (Wildman–Crippen LogP) is 5.15. The molecule has 0 aliphatic rings. The molecule has 1 N–H and O–H groups in total. The quantitative estimate of drug-likeness (QED) is 0.427. The molecule has 5 aromatic rings. The molecule has 0 saturated heterocycles. The van der Waals surface area contributed by atoms with Gasteiger partial charge in [-0.25, -0.2) is 9.19 Å². The van der Waals surface area contributed by atoms with Gasteiger partial charge in [0.25, 0.3) is 0 Å². The number of pyridine rings is 1. The third-order valence-corrected chi connectivity index (χ3v) is 6.10. The fourth-order valence-electron chi connectivity index (χ4n) is 4.13. The largest absolute Gasteiger partial charge is 0.278 e. The average Bonchev–Trinajstić information content (AvgIpc) is 3.31. The highest BCUT2D eigenvalue weighted by molar-refractivity contribution is 7.92. The fourth-order valence-corrected chi connectivity index (χ4v) is 4.68. The van der Waals surface area contributed by atoms with Crippen LogP contribution in [-0.4, -0.2) is 41.7 Å². The van der Waals surface area contributed by atoms with E-state index in [1.165, 1.54) is 0 Å². The van der Waals surface area contributed by atoms with E-state index in [0.29, 0.717) is 5.82 Å². The van der Waals surface area contributed by atoms with E-state index in [0.717, 1.165) is 49.4 Å². The summed E-state index contributed by atoms with van der Waals surface area (Å²) < 4.78 is 19.0. The van der Waals surface area contributed by atoms with Gasteiger partial charge < -0.3 is 0 Å². The Morgan fingerprint density at radius 3 is 2.65 bits per heavy atom. The molecule has 3 aromatic heterocycles. The van der Waals surface area contributed by atoms with Crippen molar-refractivity contribution in [2.75, 3.05) is 12.5 Å². The van der Waals surface area contributed by atoms with E-state index in [2.05, 4.69) is 57.8 Å². The van der Waals surface area contributed by atoms with Gasteiger partial charge >= 0.3 is 0 Å². The minimum absolute atomic E-state index is 0.144. The molecule has 0 aliphatic carbocycles. The summed E-state index contributed by atoms with van der Waals surface area (Å²) in [5, 5.41) is 15.6. The van der Waals surface area contributed by atoms with Crippen LogP contribution in [0.2, 0.25) is 0 Å². The van der Waals surface area contributed by atoms with E-state index in [1.54, 1.807) is 12.5 Å². The van der Waals surface area contributed by atoms with Gasteiger partial charge in [0.1, 0.15) is 0 Å². The van der Waals surface area contributed by atoms with Crippen LogP contribution in [0.5, 0.6) is 0 Å². The number of H-pyrrole nitrogens is 1. The minimum Gasteiger partial charge on any atom is -0.278 e. The molecule has 2 aromatic carbocycles. The number of hydrogen-bond acceptors (Lipinski definition) is 5. The molecule has 0 aliphatic heterocycles. The number of hydrogen-bond donors (Lipinski definition) is 1. The summed E-state index contributed by atoms with van der Waals surface area (Å²) in [6.45, 7) is 4.24. The zero-order valence-corrected chi connectivity index (χ0v) is 19.0. The molecule has 0 saturated carbocycles. The van der Waals surface area contributed by atoms with Crippen molar-refractivity contribution in [1.29, 1.82) is 0 Å². The van der Waals surface area contributed by atoms with Crippen molar-refractivity contribution in [3.8, 4) is 11.1 Å². The number of nitrogens with zero attached hydrogens (tertiary/aromatic N) is 5. The van der Waals surface area contributed by atoms with Crippen molar-refractivity contribution in [2.24, 2.45) is 11.4 Å². The Bertz CT molecular complexity index is 1590. The first kappa shape index (κ1) is 19.7. The highest BCUT2D eigenvalue weighted by Gasteiger charge is 2.21. The molecule has 7 nitrogen and oxygen atoms in total. The molecule has 8 heteroatoms. The molecule has 0 radical (unpaired) electrons. The summed E-state index contributed by atoms with van der Waals surface area (Å²) in [6, 6.07) is 10.4. The first-order chi connectivity index (χ1) is 14.7. The monoisotopic (exact) mass is 432 g/mol. The Balaban J connectivity index is 2.01. The van der Waals surface area contributed by atoms with Crippen molar-refractivity contribution < 1.29 is 4.21 Å². The summed E-state index contributed by atoms with van der Waals surface area (Å²) in [7, 11) is -0.440. The molecule has 0 fully saturated rings. The molecule has 0 unspecified atom stereocenters. The molecule has 0 spiro atoms. The van der Waals surface area contributed by atoms with Crippen molar-refractivity contribution >= 4 is 48.1 Å². The second-order valence-electron chi connectivity index (χ2n) is 8.48. The van der Waals surface area contributed by atoms with Crippen LogP contribution in [0.15, 0.2) is 47.1 Å². The molecule has 5 rings (SSSR count). The van der Waals surface area contributed by atoms with E-state index in [-0.39, 0.29) is 5.92 Å². The Labute approximate surface area is 180 Å². The van der Waals surface area contributed by atoms with E-state index in [1.807, 2.05) is 30.2 Å². The lowest BCUT2D eigenvalue weighted by atomic mass is 9.90. The molecular formula is C23H24N6OS. The van der Waals surface area contributed by atoms with Crippen LogP contribution in [0.3, 0.4) is 0 Å². The van der Waals surface area contributed by atoms with E-state index < -0.39 is 9.73 Å². The van der Waals surface area contributed by atoms with E-state index in [4.69, 9.17) is 4.98 Å². The molecule has 0 bridgehead atoms. The summed E-state index contributed by atoms with van der Waals surface area (Å²) in [5.74, 6) is 0.650. The Morgan fingerprint density at radius 2 is 1.90 bits per heavy atom. The van der Waals surface area contributed by atoms with E-state index >= 15 is 0 Å². The SMILES string of the molecule is CC(C)c1nc(N=S(C)(C)=O)c2cc3[nH]ncc3cc2c1-c1cccc2c1cnn2C. The summed E-state index contributed by atoms with van der Waals surface area (Å²) in [5.41, 5.74) is 5.02. The van der Waals surface area contributed by atoms with Crippen LogP contribution in [0.1, 0.15) is 25.5 Å². The summed E-state index contributed by atoms with van der Waals surface area (Å²) in [4.78, 5) is 4.96. The normalized spacial score (nSPS) is 12.5. The van der Waals surface area contributed by atoms with Gasteiger partial charge in [-0.1, -0.05) is 26.0 Å². The lowest BCUT2D eigenvalue weighted by Gasteiger charge is -2.18. The van der Waals surface area contributed by atoms with E-state index in [9.17, 15) is 4.21 Å². The first-order valence-corrected chi connectivity index (χ1v) is 12.4. The van der Waals surface area contributed by atoms with Crippen molar-refractivity contribution in [1.82, 2.24) is 25.0 Å². The topological polar surface area (TPSA) is 88.8 Å². The highest BCUT2D eigenvalue weighted by atomic mass is 32.2. The number of aromatic amines is 1. The maximum Gasteiger partial charge on any atom is 0.169 e. The van der Waals surface area contributed by atoms with Crippen molar-refractivity contribution in [2.45, 2.75) is 19.8 Å². The van der Waals surface area contributed by atoms with Crippen molar-refractivity contribution in [3.05, 3.63) is 48.4 Å². The van der Waals surface area contributed by atoms with Crippen LogP contribution < -0.4 is 0 Å². The second kappa shape index (κ2) is 6.88. The number of fused-ring (bicyclic) bond motifs is 3. The zero-order chi connectivity index (χ0) is 21.9. The maximum atomic E-state index is 12.6. The molecule has 31 heavy (non-hydrogen) atoms. The summed E-state index contributed by atoms with van der Waals surface area (Å²) in [6.07, 6.45) is 6.99. The smallest absolute Gasteiger partial charge is 0.169 e. The molecule has 0 atom stereocenters. The van der Waals surface area contributed by atoms with Gasteiger partial charge in [-0.3, -0.25) is 9.78 Å². The van der Waals surface area contributed by atoms with Gasteiger partial charge in [0.2, 0.25) is 0 Å². The number of aromatic nitrogens is 5. The van der Waals surface area contributed by atoms with Gasteiger partial charge in [-0.15, -0.1) is 0 Å². The molecular weight excluding hydrogens is 408 g/mol. The maximum absolute atomic E-state index is 12.6. The molecule has 0 amide bonds. The minimum atomic E-state index is -2.39. The van der Waals surface area contributed by atoms with Crippen LogP contribution in [0.25, 0.3) is 43.7 Å². The summed E-state index contributed by atoms with van der Waals surface area (Å²) >= 11 is 0. The highest BCUT2D eigenvalue weighted by Crippen LogP contribution is 2.42. The van der Waals surface area contributed by atoms with Gasteiger partial charge in [-0.05, 0) is 35.1 Å².